The number of carbonyl (C=O) groups excluding carboxylic acids is 2. The Kier molecular flexibility index (Phi) is 6.59. The number of halogens is 1. The molecule has 1 amide bonds. The Hall–Kier alpha value is -2.28. The molecule has 0 saturated heterocycles. The molecular weight excluding hydrogens is 382 g/mol. The van der Waals surface area contributed by atoms with E-state index in [0.717, 1.165) is 5.52 Å². The number of nitrogens with one attached hydrogen (secondary N) is 1. The summed E-state index contributed by atoms with van der Waals surface area (Å²) in [5, 5.41) is 3.20. The van der Waals surface area contributed by atoms with Crippen molar-refractivity contribution in [3.8, 4) is 0 Å². The van der Waals surface area contributed by atoms with Gasteiger partial charge in [-0.05, 0) is 60.1 Å². The molecule has 8 heteroatoms. The quantitative estimate of drug-likeness (QED) is 0.707. The fourth-order valence-corrected chi connectivity index (χ4v) is 2.90. The second kappa shape index (κ2) is 8.39. The molecule has 0 fully saturated rings. The molecule has 0 unspecified atom stereocenters. The summed E-state index contributed by atoms with van der Waals surface area (Å²) >= 11 is 6.19. The topological polar surface area (TPSA) is 82.5 Å². The number of aromatic nitrogens is 2. The highest BCUT2D eigenvalue weighted by Gasteiger charge is 2.25. The van der Waals surface area contributed by atoms with Crippen molar-refractivity contribution >= 4 is 34.7 Å². The Labute approximate surface area is 170 Å². The number of rotatable bonds is 6. The van der Waals surface area contributed by atoms with Crippen molar-refractivity contribution in [1.29, 1.82) is 0 Å². The average molecular weight is 410 g/mol. The molecule has 0 aliphatic carbocycles. The van der Waals surface area contributed by atoms with Crippen LogP contribution in [0.25, 0.3) is 11.0 Å². The number of nitrogens with zero attached hydrogens (tertiary/aromatic N) is 2. The Morgan fingerprint density at radius 3 is 2.50 bits per heavy atom. The van der Waals surface area contributed by atoms with E-state index in [0.29, 0.717) is 29.1 Å². The van der Waals surface area contributed by atoms with E-state index in [2.05, 4.69) is 10.3 Å². The maximum absolute atomic E-state index is 12.1. The van der Waals surface area contributed by atoms with Crippen molar-refractivity contribution in [2.45, 2.75) is 65.6 Å². The highest BCUT2D eigenvalue weighted by atomic mass is 35.5. The summed E-state index contributed by atoms with van der Waals surface area (Å²) in [7, 11) is 0. The number of hydrogen-bond acceptors (Lipinski definition) is 5. The van der Waals surface area contributed by atoms with Crippen molar-refractivity contribution < 1.29 is 19.1 Å². The van der Waals surface area contributed by atoms with Gasteiger partial charge in [0.15, 0.2) is 0 Å². The zero-order chi connectivity index (χ0) is 21.1. The smallest absolute Gasteiger partial charge is 0.408 e. The number of fused-ring (bicyclic) bond motifs is 1. The van der Waals surface area contributed by atoms with E-state index in [4.69, 9.17) is 21.1 Å². The molecule has 1 N–H and O–H groups in total. The second-order valence-corrected chi connectivity index (χ2v) is 8.65. The number of alkyl carbamates (subject to hydrolysis) is 1. The average Bonchev–Trinajstić information content (AvgIpc) is 2.91. The summed E-state index contributed by atoms with van der Waals surface area (Å²) in [5.74, 6) is -0.464. The molecule has 0 aliphatic rings. The van der Waals surface area contributed by atoms with Crippen molar-refractivity contribution in [2.24, 2.45) is 0 Å². The zero-order valence-electron chi connectivity index (χ0n) is 17.3. The minimum Gasteiger partial charge on any atom is -0.462 e. The molecule has 1 heterocycles. The SMILES string of the molecule is CCOC(=O)c1cc2c(cc1Cl)ncn2CCC(C)(C)NC(=O)OC(C)(C)C. The molecule has 0 saturated carbocycles. The van der Waals surface area contributed by atoms with Gasteiger partial charge in [0.25, 0.3) is 0 Å². The van der Waals surface area contributed by atoms with Gasteiger partial charge in [0.05, 0.1) is 34.6 Å². The molecule has 2 aromatic rings. The van der Waals surface area contributed by atoms with Crippen LogP contribution in [0, 0.1) is 0 Å². The first-order valence-corrected chi connectivity index (χ1v) is 9.62. The van der Waals surface area contributed by atoms with Gasteiger partial charge in [0.2, 0.25) is 0 Å². The molecule has 2 rings (SSSR count). The lowest BCUT2D eigenvalue weighted by Crippen LogP contribution is -2.46. The number of amides is 1. The lowest BCUT2D eigenvalue weighted by atomic mass is 10.0. The molecule has 0 spiro atoms. The maximum Gasteiger partial charge on any atom is 0.408 e. The van der Waals surface area contributed by atoms with Gasteiger partial charge >= 0.3 is 12.1 Å². The van der Waals surface area contributed by atoms with Crippen LogP contribution in [0.2, 0.25) is 5.02 Å². The van der Waals surface area contributed by atoms with E-state index >= 15 is 0 Å². The fraction of sp³-hybridized carbons (Fsp3) is 0.550. The van der Waals surface area contributed by atoms with E-state index in [9.17, 15) is 9.59 Å². The third kappa shape index (κ3) is 5.86. The molecule has 0 bridgehead atoms. The highest BCUT2D eigenvalue weighted by molar-refractivity contribution is 6.34. The summed E-state index contributed by atoms with van der Waals surface area (Å²) in [6, 6.07) is 3.35. The third-order valence-corrected chi connectivity index (χ3v) is 4.33. The van der Waals surface area contributed by atoms with Gasteiger partial charge in [-0.1, -0.05) is 11.6 Å². The molecule has 0 radical (unpaired) electrons. The second-order valence-electron chi connectivity index (χ2n) is 8.24. The van der Waals surface area contributed by atoms with Gasteiger partial charge in [0.1, 0.15) is 5.60 Å². The van der Waals surface area contributed by atoms with Crippen molar-refractivity contribution in [1.82, 2.24) is 14.9 Å². The minimum atomic E-state index is -0.552. The minimum absolute atomic E-state index is 0.275. The number of ether oxygens (including phenoxy) is 2. The Morgan fingerprint density at radius 1 is 1.21 bits per heavy atom. The number of carbonyl (C=O) groups is 2. The fourth-order valence-electron chi connectivity index (χ4n) is 2.66. The predicted octanol–water partition coefficient (Wildman–Crippen LogP) is 4.56. The van der Waals surface area contributed by atoms with E-state index in [1.807, 2.05) is 39.2 Å². The molecule has 0 atom stereocenters. The molecule has 0 aliphatic heterocycles. The first-order valence-electron chi connectivity index (χ1n) is 9.24. The number of esters is 1. The normalized spacial score (nSPS) is 12.1. The van der Waals surface area contributed by atoms with Gasteiger partial charge in [0, 0.05) is 12.1 Å². The standard InChI is InChI=1S/C20H28ClN3O4/c1-7-27-17(25)13-10-16-15(11-14(13)21)22-12-24(16)9-8-20(5,6)23-18(26)28-19(2,3)4/h10-12H,7-9H2,1-6H3,(H,23,26). The molecule has 28 heavy (non-hydrogen) atoms. The Bertz CT molecular complexity index is 868. The third-order valence-electron chi connectivity index (χ3n) is 4.02. The lowest BCUT2D eigenvalue weighted by Gasteiger charge is -2.28. The summed E-state index contributed by atoms with van der Waals surface area (Å²) in [5.41, 5.74) is 0.735. The number of aryl methyl sites for hydroxylation is 1. The number of hydrogen-bond donors (Lipinski definition) is 1. The predicted molar refractivity (Wildman–Crippen MR) is 109 cm³/mol. The van der Waals surface area contributed by atoms with Crippen LogP contribution in [-0.4, -0.2) is 39.4 Å². The van der Waals surface area contributed by atoms with Crippen LogP contribution in [0.3, 0.4) is 0 Å². The van der Waals surface area contributed by atoms with Crippen LogP contribution in [-0.2, 0) is 16.0 Å². The monoisotopic (exact) mass is 409 g/mol. The lowest BCUT2D eigenvalue weighted by molar-refractivity contribution is 0.0464. The van der Waals surface area contributed by atoms with Crippen LogP contribution in [0.15, 0.2) is 18.5 Å². The molecule has 1 aromatic heterocycles. The first kappa shape index (κ1) is 22.0. The maximum atomic E-state index is 12.1. The van der Waals surface area contributed by atoms with Crippen molar-refractivity contribution in [3.63, 3.8) is 0 Å². The van der Waals surface area contributed by atoms with Crippen LogP contribution in [0.1, 0.15) is 58.3 Å². The van der Waals surface area contributed by atoms with E-state index in [-0.39, 0.29) is 6.61 Å². The summed E-state index contributed by atoms with van der Waals surface area (Å²) in [4.78, 5) is 28.5. The van der Waals surface area contributed by atoms with E-state index < -0.39 is 23.2 Å². The summed E-state index contributed by atoms with van der Waals surface area (Å²) in [6.45, 7) is 11.9. The van der Waals surface area contributed by atoms with Crippen LogP contribution in [0.4, 0.5) is 4.79 Å². The highest BCUT2D eigenvalue weighted by Crippen LogP contribution is 2.25. The Balaban J connectivity index is 2.14. The Morgan fingerprint density at radius 2 is 1.89 bits per heavy atom. The molecular formula is C20H28ClN3O4. The summed E-state index contributed by atoms with van der Waals surface area (Å²) in [6.07, 6.45) is 1.87. The molecule has 154 valence electrons. The first-order chi connectivity index (χ1) is 12.9. The van der Waals surface area contributed by atoms with E-state index in [1.54, 1.807) is 25.4 Å². The molecule has 1 aromatic carbocycles. The van der Waals surface area contributed by atoms with Gasteiger partial charge in [-0.15, -0.1) is 0 Å². The van der Waals surface area contributed by atoms with Gasteiger partial charge in [-0.3, -0.25) is 0 Å². The molecule has 7 nitrogen and oxygen atoms in total. The zero-order valence-corrected chi connectivity index (χ0v) is 18.0. The van der Waals surface area contributed by atoms with Crippen LogP contribution >= 0.6 is 11.6 Å². The summed E-state index contributed by atoms with van der Waals surface area (Å²) < 4.78 is 12.3. The van der Waals surface area contributed by atoms with Crippen molar-refractivity contribution in [2.75, 3.05) is 6.61 Å². The van der Waals surface area contributed by atoms with E-state index in [1.165, 1.54) is 0 Å². The van der Waals surface area contributed by atoms with Crippen LogP contribution < -0.4 is 5.32 Å². The van der Waals surface area contributed by atoms with Gasteiger partial charge < -0.3 is 19.4 Å². The largest absolute Gasteiger partial charge is 0.462 e. The van der Waals surface area contributed by atoms with Gasteiger partial charge in [-0.25, -0.2) is 14.6 Å². The number of imidazole rings is 1. The van der Waals surface area contributed by atoms with Crippen molar-refractivity contribution in [3.05, 3.63) is 29.0 Å². The van der Waals surface area contributed by atoms with Crippen LogP contribution in [0.5, 0.6) is 0 Å². The number of benzene rings is 1. The van der Waals surface area contributed by atoms with Gasteiger partial charge in [-0.2, -0.15) is 0 Å².